The lowest BCUT2D eigenvalue weighted by Crippen LogP contribution is -2.05. The number of nitrogens with zero attached hydrogens (tertiary/aromatic N) is 1. The maximum Gasteiger partial charge on any atom is 0.127 e. The Kier molecular flexibility index (Phi) is 4.76. The molecule has 0 aliphatic heterocycles. The second kappa shape index (κ2) is 6.97. The van der Waals surface area contributed by atoms with Crippen LogP contribution >= 0.6 is 15.9 Å². The smallest absolute Gasteiger partial charge is 0.127 e. The van der Waals surface area contributed by atoms with Crippen molar-refractivity contribution in [1.82, 2.24) is 4.98 Å². The molecule has 0 bridgehead atoms. The second-order valence-electron chi connectivity index (χ2n) is 5.28. The Bertz CT molecular complexity index is 884. The first kappa shape index (κ1) is 16.4. The van der Waals surface area contributed by atoms with E-state index in [-0.39, 0.29) is 0 Å². The molecule has 0 unspecified atom stereocenters. The molecule has 5 nitrogen and oxygen atoms in total. The molecular weight excluding hydrogens is 370 g/mol. The number of halogens is 1. The fourth-order valence-corrected chi connectivity index (χ4v) is 2.91. The van der Waals surface area contributed by atoms with Gasteiger partial charge in [-0.2, -0.15) is 0 Å². The molecule has 0 saturated carbocycles. The molecule has 0 amide bonds. The molecule has 3 rings (SSSR count). The van der Waals surface area contributed by atoms with Gasteiger partial charge in [0.1, 0.15) is 11.5 Å². The number of ether oxygens (including phenoxy) is 2. The molecule has 124 valence electrons. The van der Waals surface area contributed by atoms with Gasteiger partial charge in [-0.3, -0.25) is 4.98 Å². The maximum absolute atomic E-state index is 6.12. The highest BCUT2D eigenvalue weighted by atomic mass is 79.9. The largest absolute Gasteiger partial charge is 0.497 e. The van der Waals surface area contributed by atoms with Crippen LogP contribution in [0.4, 0.5) is 11.4 Å². The Labute approximate surface area is 148 Å². The number of anilines is 2. The molecular formula is C18H18BrN3O2. The van der Waals surface area contributed by atoms with Crippen molar-refractivity contribution in [3.63, 3.8) is 0 Å². The molecule has 0 saturated heterocycles. The van der Waals surface area contributed by atoms with Crippen LogP contribution in [0.3, 0.4) is 0 Å². The lowest BCUT2D eigenvalue weighted by molar-refractivity contribution is 0.391. The van der Waals surface area contributed by atoms with Crippen LogP contribution in [0.25, 0.3) is 10.9 Å². The van der Waals surface area contributed by atoms with Crippen LogP contribution in [-0.4, -0.2) is 19.2 Å². The molecule has 1 aromatic heterocycles. The van der Waals surface area contributed by atoms with Gasteiger partial charge >= 0.3 is 0 Å². The Balaban J connectivity index is 1.92. The van der Waals surface area contributed by atoms with Gasteiger partial charge < -0.3 is 20.5 Å². The minimum Gasteiger partial charge on any atom is -0.497 e. The van der Waals surface area contributed by atoms with Gasteiger partial charge in [0.05, 0.1) is 37.3 Å². The summed E-state index contributed by atoms with van der Waals surface area (Å²) < 4.78 is 11.7. The summed E-state index contributed by atoms with van der Waals surface area (Å²) in [5.74, 6) is 1.52. The van der Waals surface area contributed by atoms with Crippen LogP contribution in [0.5, 0.6) is 11.5 Å². The third kappa shape index (κ3) is 3.23. The van der Waals surface area contributed by atoms with E-state index in [4.69, 9.17) is 15.2 Å². The third-order valence-corrected chi connectivity index (χ3v) is 4.30. The second-order valence-corrected chi connectivity index (χ2v) is 6.20. The van der Waals surface area contributed by atoms with Crippen LogP contribution in [0, 0.1) is 0 Å². The lowest BCUT2D eigenvalue weighted by Gasteiger charge is -2.15. The normalized spacial score (nSPS) is 10.6. The van der Waals surface area contributed by atoms with Crippen molar-refractivity contribution in [2.45, 2.75) is 6.54 Å². The van der Waals surface area contributed by atoms with Crippen molar-refractivity contribution in [1.29, 1.82) is 0 Å². The SMILES string of the molecule is COc1ccc(CNc2c(N)cnc3cc(Br)ccc23)c(OC)c1. The van der Waals surface area contributed by atoms with Gasteiger partial charge in [-0.25, -0.2) is 0 Å². The molecule has 0 radical (unpaired) electrons. The fraction of sp³-hybridized carbons (Fsp3) is 0.167. The first-order valence-corrected chi connectivity index (χ1v) is 8.20. The molecule has 0 fully saturated rings. The zero-order valence-electron chi connectivity index (χ0n) is 13.5. The molecule has 0 spiro atoms. The Hall–Kier alpha value is -2.47. The maximum atomic E-state index is 6.12. The summed E-state index contributed by atoms with van der Waals surface area (Å²) in [6, 6.07) is 11.7. The summed E-state index contributed by atoms with van der Waals surface area (Å²) in [5.41, 5.74) is 9.48. The van der Waals surface area contributed by atoms with E-state index in [1.54, 1.807) is 20.4 Å². The quantitative estimate of drug-likeness (QED) is 0.685. The fourth-order valence-electron chi connectivity index (χ4n) is 2.56. The molecule has 3 aromatic rings. The number of hydrogen-bond donors (Lipinski definition) is 2. The van der Waals surface area contributed by atoms with E-state index in [0.29, 0.717) is 12.2 Å². The molecule has 6 heteroatoms. The van der Waals surface area contributed by atoms with E-state index >= 15 is 0 Å². The van der Waals surface area contributed by atoms with E-state index in [1.807, 2.05) is 36.4 Å². The highest BCUT2D eigenvalue weighted by Gasteiger charge is 2.09. The first-order chi connectivity index (χ1) is 11.6. The van der Waals surface area contributed by atoms with Gasteiger partial charge in [0.15, 0.2) is 0 Å². The first-order valence-electron chi connectivity index (χ1n) is 7.41. The van der Waals surface area contributed by atoms with Gasteiger partial charge in [-0.1, -0.05) is 15.9 Å². The number of pyridine rings is 1. The summed E-state index contributed by atoms with van der Waals surface area (Å²) in [6.07, 6.45) is 1.67. The summed E-state index contributed by atoms with van der Waals surface area (Å²) in [7, 11) is 3.28. The molecule has 3 N–H and O–H groups in total. The Morgan fingerprint density at radius 1 is 1.12 bits per heavy atom. The summed E-state index contributed by atoms with van der Waals surface area (Å²) in [5, 5.41) is 4.38. The number of nitrogens with one attached hydrogen (secondary N) is 1. The number of nitrogen functional groups attached to an aromatic ring is 1. The van der Waals surface area contributed by atoms with Gasteiger partial charge in [0.2, 0.25) is 0 Å². The minimum absolute atomic E-state index is 0.576. The molecule has 2 aromatic carbocycles. The number of fused-ring (bicyclic) bond motifs is 1. The Morgan fingerprint density at radius 3 is 2.71 bits per heavy atom. The third-order valence-electron chi connectivity index (χ3n) is 3.81. The number of aromatic nitrogens is 1. The van der Waals surface area contributed by atoms with E-state index in [9.17, 15) is 0 Å². The molecule has 0 atom stereocenters. The van der Waals surface area contributed by atoms with E-state index < -0.39 is 0 Å². The average molecular weight is 388 g/mol. The monoisotopic (exact) mass is 387 g/mol. The van der Waals surface area contributed by atoms with Crippen molar-refractivity contribution in [3.8, 4) is 11.5 Å². The molecule has 24 heavy (non-hydrogen) atoms. The number of benzene rings is 2. The van der Waals surface area contributed by atoms with Crippen LogP contribution < -0.4 is 20.5 Å². The number of hydrogen-bond acceptors (Lipinski definition) is 5. The molecule has 1 heterocycles. The van der Waals surface area contributed by atoms with E-state index in [2.05, 4.69) is 26.2 Å². The molecule has 0 aliphatic rings. The van der Waals surface area contributed by atoms with Crippen molar-refractivity contribution in [3.05, 3.63) is 52.6 Å². The van der Waals surface area contributed by atoms with Gasteiger partial charge in [0.25, 0.3) is 0 Å². The minimum atomic E-state index is 0.576. The standard InChI is InChI=1S/C18H18BrN3O2/c1-23-13-5-3-11(17(8-13)24-2)9-22-18-14-6-4-12(19)7-16(14)21-10-15(18)20/h3-8,10H,9,20H2,1-2H3,(H,21,22). The summed E-state index contributed by atoms with van der Waals surface area (Å²) >= 11 is 3.46. The highest BCUT2D eigenvalue weighted by molar-refractivity contribution is 9.10. The number of rotatable bonds is 5. The van der Waals surface area contributed by atoms with Crippen LogP contribution in [0.1, 0.15) is 5.56 Å². The summed E-state index contributed by atoms with van der Waals surface area (Å²) in [4.78, 5) is 4.38. The number of nitrogens with two attached hydrogens (primary N) is 1. The topological polar surface area (TPSA) is 69.4 Å². The van der Waals surface area contributed by atoms with Crippen molar-refractivity contribution < 1.29 is 9.47 Å². The van der Waals surface area contributed by atoms with Gasteiger partial charge in [0, 0.05) is 28.0 Å². The van der Waals surface area contributed by atoms with Gasteiger partial charge in [-0.05, 0) is 30.3 Å². The zero-order chi connectivity index (χ0) is 17.1. The average Bonchev–Trinajstić information content (AvgIpc) is 2.60. The number of methoxy groups -OCH3 is 2. The highest BCUT2D eigenvalue weighted by Crippen LogP contribution is 2.31. The predicted molar refractivity (Wildman–Crippen MR) is 101 cm³/mol. The summed E-state index contributed by atoms with van der Waals surface area (Å²) in [6.45, 7) is 0.576. The van der Waals surface area contributed by atoms with Crippen LogP contribution in [-0.2, 0) is 6.54 Å². The van der Waals surface area contributed by atoms with E-state index in [0.717, 1.165) is 38.1 Å². The Morgan fingerprint density at radius 2 is 1.96 bits per heavy atom. The van der Waals surface area contributed by atoms with Crippen LogP contribution in [0.2, 0.25) is 0 Å². The zero-order valence-corrected chi connectivity index (χ0v) is 15.1. The van der Waals surface area contributed by atoms with Crippen molar-refractivity contribution in [2.75, 3.05) is 25.3 Å². The van der Waals surface area contributed by atoms with Crippen molar-refractivity contribution >= 4 is 38.2 Å². The lowest BCUT2D eigenvalue weighted by atomic mass is 10.1. The predicted octanol–water partition coefficient (Wildman–Crippen LogP) is 4.21. The van der Waals surface area contributed by atoms with Crippen LogP contribution in [0.15, 0.2) is 47.1 Å². The van der Waals surface area contributed by atoms with Crippen molar-refractivity contribution in [2.24, 2.45) is 0 Å². The van der Waals surface area contributed by atoms with Gasteiger partial charge in [-0.15, -0.1) is 0 Å². The molecule has 0 aliphatic carbocycles. The van der Waals surface area contributed by atoms with E-state index in [1.165, 1.54) is 0 Å².